The third-order valence-corrected chi connectivity index (χ3v) is 1.05. The van der Waals surface area contributed by atoms with Crippen LogP contribution in [-0.2, 0) is 0 Å². The first-order valence-corrected chi connectivity index (χ1v) is 2.85. The van der Waals surface area contributed by atoms with Gasteiger partial charge in [-0.3, -0.25) is 0 Å². The second-order valence-corrected chi connectivity index (χ2v) is 1.77. The Labute approximate surface area is 59.2 Å². The van der Waals surface area contributed by atoms with Gasteiger partial charge in [-0.2, -0.15) is 0 Å². The van der Waals surface area contributed by atoms with E-state index < -0.39 is 0 Å². The largest absolute Gasteiger partial charge is 0.539 e. The lowest BCUT2D eigenvalue weighted by molar-refractivity contribution is 0.444. The molecule has 1 rings (SSSR count). The third-order valence-electron chi connectivity index (χ3n) is 1.05. The molecule has 1 aromatic rings. The second-order valence-electron chi connectivity index (χ2n) is 1.77. The molecule has 10 heavy (non-hydrogen) atoms. The van der Waals surface area contributed by atoms with Gasteiger partial charge in [-0.25, -0.2) is 0 Å². The van der Waals surface area contributed by atoms with Crippen LogP contribution in [0.1, 0.15) is 0 Å². The third kappa shape index (κ3) is 1.67. The summed E-state index contributed by atoms with van der Waals surface area (Å²) in [5.41, 5.74) is 0. The number of phenols is 1. The Kier molecular flexibility index (Phi) is 2.17. The fourth-order valence-electron chi connectivity index (χ4n) is 0.648. The van der Waals surface area contributed by atoms with E-state index in [2.05, 4.69) is 4.65 Å². The number of rotatable bonds is 2. The van der Waals surface area contributed by atoms with Crippen LogP contribution < -0.4 is 4.65 Å². The van der Waals surface area contributed by atoms with Gasteiger partial charge in [-0.15, -0.1) is 0 Å². The molecule has 0 radical (unpaired) electrons. The smallest absolute Gasteiger partial charge is 0.504 e. The van der Waals surface area contributed by atoms with E-state index in [1.165, 1.54) is 12.1 Å². The van der Waals surface area contributed by atoms with Gasteiger partial charge in [-0.05, 0) is 12.1 Å². The first-order chi connectivity index (χ1) is 4.83. The van der Waals surface area contributed by atoms with Gasteiger partial charge in [-0.1, -0.05) is 6.07 Å². The minimum atomic E-state index is -0.372. The molecule has 0 atom stereocenters. The van der Waals surface area contributed by atoms with Crippen LogP contribution in [0.5, 0.6) is 11.5 Å². The summed E-state index contributed by atoms with van der Waals surface area (Å²) < 4.78 is 4.68. The molecule has 52 valence electrons. The Morgan fingerprint density at radius 3 is 2.80 bits per heavy atom. The van der Waals surface area contributed by atoms with Gasteiger partial charge < -0.3 is 14.8 Å². The summed E-state index contributed by atoms with van der Waals surface area (Å²) in [6.07, 6.45) is 0. The van der Waals surface area contributed by atoms with Crippen molar-refractivity contribution in [3.05, 3.63) is 24.3 Å². The van der Waals surface area contributed by atoms with Gasteiger partial charge in [0.2, 0.25) is 0 Å². The van der Waals surface area contributed by atoms with Gasteiger partial charge in [0.25, 0.3) is 0 Å². The van der Waals surface area contributed by atoms with E-state index in [1.54, 1.807) is 12.1 Å². The van der Waals surface area contributed by atoms with Gasteiger partial charge in [0.05, 0.1) is 0 Å². The van der Waals surface area contributed by atoms with E-state index in [0.29, 0.717) is 5.75 Å². The van der Waals surface area contributed by atoms with Crippen molar-refractivity contribution in [1.82, 2.24) is 0 Å². The average molecular weight is 138 g/mol. The lowest BCUT2D eigenvalue weighted by Crippen LogP contribution is -1.98. The summed E-state index contributed by atoms with van der Waals surface area (Å²) in [6.45, 7) is 0. The minimum absolute atomic E-state index is 0.131. The predicted molar refractivity (Wildman–Crippen MR) is 38.1 cm³/mol. The van der Waals surface area contributed by atoms with E-state index in [4.69, 9.17) is 10.1 Å². The maximum Gasteiger partial charge on any atom is 0.504 e. The summed E-state index contributed by atoms with van der Waals surface area (Å²) in [5.74, 6) is 0.591. The average Bonchev–Trinajstić information content (AvgIpc) is 1.88. The Hall–Kier alpha value is -1.16. The van der Waals surface area contributed by atoms with Crippen molar-refractivity contribution in [1.29, 1.82) is 0 Å². The molecule has 0 heterocycles. The molecular weight excluding hydrogens is 131 g/mol. The first-order valence-electron chi connectivity index (χ1n) is 2.85. The summed E-state index contributed by atoms with van der Waals surface area (Å²) in [4.78, 5) is 0. The second kappa shape index (κ2) is 3.13. The van der Waals surface area contributed by atoms with Crippen LogP contribution in [0.4, 0.5) is 0 Å². The molecule has 3 nitrogen and oxygen atoms in total. The minimum Gasteiger partial charge on any atom is -0.539 e. The normalized spacial score (nSPS) is 8.90. The molecule has 0 aliphatic carbocycles. The number of phenolic OH excluding ortho intramolecular Hbond substituents is 1. The Bertz CT molecular complexity index is 214. The van der Waals surface area contributed by atoms with E-state index in [0.717, 1.165) is 0 Å². The predicted octanol–water partition coefficient (Wildman–Crippen LogP) is 0.0298. The van der Waals surface area contributed by atoms with Crippen LogP contribution in [0.15, 0.2) is 24.3 Å². The number of hydrogen-bond donors (Lipinski definition) is 2. The molecule has 0 aliphatic rings. The van der Waals surface area contributed by atoms with Gasteiger partial charge in [0.15, 0.2) is 0 Å². The standard InChI is InChI=1S/C6H7BO3/c8-5-2-1-3-6(4-5)10-7-9/h1-4,7-9H. The van der Waals surface area contributed by atoms with Crippen LogP contribution in [0.3, 0.4) is 0 Å². The highest BCUT2D eigenvalue weighted by Gasteiger charge is 1.92. The van der Waals surface area contributed by atoms with Crippen LogP contribution >= 0.6 is 0 Å². The molecule has 0 saturated carbocycles. The maximum absolute atomic E-state index is 8.88. The van der Waals surface area contributed by atoms with Crippen molar-refractivity contribution in [2.24, 2.45) is 0 Å². The zero-order valence-electron chi connectivity index (χ0n) is 5.32. The topological polar surface area (TPSA) is 49.7 Å². The fraction of sp³-hybridized carbons (Fsp3) is 0. The quantitative estimate of drug-likeness (QED) is 0.566. The molecule has 0 aromatic heterocycles. The lowest BCUT2D eigenvalue weighted by atomic mass is 10.3. The Balaban J connectivity index is 2.75. The number of aromatic hydroxyl groups is 1. The lowest BCUT2D eigenvalue weighted by Gasteiger charge is -2.00. The highest BCUT2D eigenvalue weighted by Crippen LogP contribution is 2.16. The van der Waals surface area contributed by atoms with Crippen LogP contribution in [0.2, 0.25) is 0 Å². The van der Waals surface area contributed by atoms with Gasteiger partial charge in [0, 0.05) is 6.07 Å². The Morgan fingerprint density at radius 1 is 1.40 bits per heavy atom. The van der Waals surface area contributed by atoms with E-state index in [-0.39, 0.29) is 13.4 Å². The Morgan fingerprint density at radius 2 is 2.20 bits per heavy atom. The zero-order chi connectivity index (χ0) is 7.40. The van der Waals surface area contributed by atoms with Gasteiger partial charge in [0.1, 0.15) is 11.5 Å². The van der Waals surface area contributed by atoms with Crippen LogP contribution in [0, 0.1) is 0 Å². The summed E-state index contributed by atoms with van der Waals surface area (Å²) >= 11 is 0. The SMILES string of the molecule is OBOc1cccc(O)c1. The molecule has 0 amide bonds. The highest BCUT2D eigenvalue weighted by molar-refractivity contribution is 6.17. The molecule has 1 aromatic carbocycles. The van der Waals surface area contributed by atoms with Crippen LogP contribution in [-0.4, -0.2) is 17.8 Å². The maximum atomic E-state index is 8.88. The molecule has 4 heteroatoms. The summed E-state index contributed by atoms with van der Waals surface area (Å²) in [6, 6.07) is 6.25. The highest BCUT2D eigenvalue weighted by atomic mass is 16.5. The molecule has 0 aliphatic heterocycles. The molecule has 0 spiro atoms. The molecule has 0 saturated heterocycles. The van der Waals surface area contributed by atoms with Crippen molar-refractivity contribution in [2.75, 3.05) is 0 Å². The van der Waals surface area contributed by atoms with Crippen molar-refractivity contribution < 1.29 is 14.8 Å². The fourth-order valence-corrected chi connectivity index (χ4v) is 0.648. The van der Waals surface area contributed by atoms with Crippen LogP contribution in [0.25, 0.3) is 0 Å². The molecular formula is C6H7BO3. The zero-order valence-corrected chi connectivity index (χ0v) is 5.32. The van der Waals surface area contributed by atoms with E-state index in [1.807, 2.05) is 0 Å². The van der Waals surface area contributed by atoms with Crippen molar-refractivity contribution in [3.8, 4) is 11.5 Å². The monoisotopic (exact) mass is 138 g/mol. The molecule has 0 fully saturated rings. The number of benzene rings is 1. The van der Waals surface area contributed by atoms with Crippen molar-refractivity contribution >= 4 is 7.69 Å². The van der Waals surface area contributed by atoms with Gasteiger partial charge >= 0.3 is 7.69 Å². The van der Waals surface area contributed by atoms with E-state index in [9.17, 15) is 0 Å². The summed E-state index contributed by atoms with van der Waals surface area (Å²) in [7, 11) is -0.372. The van der Waals surface area contributed by atoms with Crippen molar-refractivity contribution in [2.45, 2.75) is 0 Å². The molecule has 2 N–H and O–H groups in total. The summed E-state index contributed by atoms with van der Waals surface area (Å²) in [5, 5.41) is 17.2. The molecule has 0 bridgehead atoms. The number of hydrogen-bond acceptors (Lipinski definition) is 3. The first kappa shape index (κ1) is 6.96. The van der Waals surface area contributed by atoms with E-state index >= 15 is 0 Å². The molecule has 0 unspecified atom stereocenters. The van der Waals surface area contributed by atoms with Crippen molar-refractivity contribution in [3.63, 3.8) is 0 Å².